The Labute approximate surface area is 147 Å². The summed E-state index contributed by atoms with van der Waals surface area (Å²) in [6.45, 7) is 10.2. The molecule has 0 saturated heterocycles. The van der Waals surface area contributed by atoms with Crippen LogP contribution < -0.4 is 10.1 Å². The van der Waals surface area contributed by atoms with Crippen molar-refractivity contribution in [1.29, 1.82) is 0 Å². The first-order chi connectivity index (χ1) is 11.3. The number of ether oxygens (including phenoxy) is 1. The van der Waals surface area contributed by atoms with Crippen LogP contribution in [-0.4, -0.2) is 11.6 Å². The summed E-state index contributed by atoms with van der Waals surface area (Å²) in [5, 5.41) is 4.01. The minimum Gasteiger partial charge on any atom is -0.491 e. The van der Waals surface area contributed by atoms with E-state index >= 15 is 0 Å². The Kier molecular flexibility index (Phi) is 3.76. The van der Waals surface area contributed by atoms with Gasteiger partial charge in [0.15, 0.2) is 0 Å². The highest BCUT2D eigenvalue weighted by atomic mass is 16.5. The summed E-state index contributed by atoms with van der Waals surface area (Å²) in [6, 6.07) is 8.65. The molecule has 0 aliphatic heterocycles. The molecule has 132 valence electrons. The first-order valence-corrected chi connectivity index (χ1v) is 9.78. The minimum atomic E-state index is 0.238. The molecule has 4 saturated carbocycles. The van der Waals surface area contributed by atoms with E-state index in [1.807, 2.05) is 0 Å². The molecular formula is C22H33NO. The lowest BCUT2D eigenvalue weighted by Gasteiger charge is -2.65. The van der Waals surface area contributed by atoms with E-state index < -0.39 is 0 Å². The zero-order valence-electron chi connectivity index (χ0n) is 15.8. The van der Waals surface area contributed by atoms with E-state index in [4.69, 9.17) is 4.74 Å². The van der Waals surface area contributed by atoms with Gasteiger partial charge in [0.1, 0.15) is 5.75 Å². The molecule has 4 aliphatic rings. The van der Waals surface area contributed by atoms with Crippen molar-refractivity contribution in [3.8, 4) is 5.75 Å². The topological polar surface area (TPSA) is 21.3 Å². The number of hydrogen-bond donors (Lipinski definition) is 1. The molecule has 0 radical (unpaired) electrons. The van der Waals surface area contributed by atoms with Gasteiger partial charge < -0.3 is 10.1 Å². The van der Waals surface area contributed by atoms with Crippen LogP contribution in [0.3, 0.4) is 0 Å². The van der Waals surface area contributed by atoms with Crippen molar-refractivity contribution < 1.29 is 4.74 Å². The highest BCUT2D eigenvalue weighted by Crippen LogP contribution is 2.66. The van der Waals surface area contributed by atoms with Gasteiger partial charge in [-0.2, -0.15) is 0 Å². The Morgan fingerprint density at radius 3 is 2.17 bits per heavy atom. The molecule has 1 aromatic rings. The quantitative estimate of drug-likeness (QED) is 0.791. The number of hydrogen-bond acceptors (Lipinski definition) is 2. The van der Waals surface area contributed by atoms with Crippen LogP contribution in [0.5, 0.6) is 5.75 Å². The highest BCUT2D eigenvalue weighted by Gasteiger charge is 2.59. The molecule has 1 N–H and O–H groups in total. The van der Waals surface area contributed by atoms with Crippen LogP contribution in [0.2, 0.25) is 0 Å². The van der Waals surface area contributed by atoms with Gasteiger partial charge in [0.05, 0.1) is 6.10 Å². The zero-order chi connectivity index (χ0) is 17.0. The van der Waals surface area contributed by atoms with E-state index in [0.29, 0.717) is 16.4 Å². The van der Waals surface area contributed by atoms with Gasteiger partial charge in [-0.05, 0) is 86.8 Å². The summed E-state index contributed by atoms with van der Waals surface area (Å²) in [6.07, 6.45) is 8.76. The second kappa shape index (κ2) is 5.49. The monoisotopic (exact) mass is 327 g/mol. The lowest BCUT2D eigenvalue weighted by atomic mass is 9.43. The molecule has 0 amide bonds. The van der Waals surface area contributed by atoms with E-state index in [9.17, 15) is 0 Å². The van der Waals surface area contributed by atoms with Crippen LogP contribution in [-0.2, 0) is 6.54 Å². The maximum Gasteiger partial charge on any atom is 0.119 e. The van der Waals surface area contributed by atoms with Crippen LogP contribution in [0.1, 0.15) is 71.8 Å². The van der Waals surface area contributed by atoms with E-state index in [-0.39, 0.29) is 6.10 Å². The Hall–Kier alpha value is -1.02. The SMILES string of the molecule is CC(C)Oc1ccc(CNC23CC4C[C@@](C)(C2)C[C@](C)(C4)C3)cc1. The molecule has 4 fully saturated rings. The Morgan fingerprint density at radius 1 is 1.00 bits per heavy atom. The van der Waals surface area contributed by atoms with Gasteiger partial charge in [-0.15, -0.1) is 0 Å². The Bertz CT molecular complexity index is 587. The number of rotatable bonds is 5. The van der Waals surface area contributed by atoms with Crippen molar-refractivity contribution in [3.63, 3.8) is 0 Å². The van der Waals surface area contributed by atoms with Gasteiger partial charge in [0, 0.05) is 12.1 Å². The lowest BCUT2D eigenvalue weighted by molar-refractivity contribution is -0.118. The molecule has 2 unspecified atom stereocenters. The van der Waals surface area contributed by atoms with Crippen LogP contribution >= 0.6 is 0 Å². The van der Waals surface area contributed by atoms with Gasteiger partial charge >= 0.3 is 0 Å². The van der Waals surface area contributed by atoms with Gasteiger partial charge in [-0.25, -0.2) is 0 Å². The third kappa shape index (κ3) is 3.10. The summed E-state index contributed by atoms with van der Waals surface area (Å²) in [5.74, 6) is 1.93. The van der Waals surface area contributed by atoms with E-state index in [0.717, 1.165) is 18.2 Å². The summed E-state index contributed by atoms with van der Waals surface area (Å²) in [7, 11) is 0. The van der Waals surface area contributed by atoms with Crippen molar-refractivity contribution in [3.05, 3.63) is 29.8 Å². The predicted molar refractivity (Wildman–Crippen MR) is 99.2 cm³/mol. The average molecular weight is 328 g/mol. The molecule has 5 rings (SSSR count). The fraction of sp³-hybridized carbons (Fsp3) is 0.727. The molecule has 0 spiro atoms. The van der Waals surface area contributed by atoms with Crippen LogP contribution in [0.25, 0.3) is 0 Å². The summed E-state index contributed by atoms with van der Waals surface area (Å²) in [4.78, 5) is 0. The minimum absolute atomic E-state index is 0.238. The van der Waals surface area contributed by atoms with Crippen molar-refractivity contribution in [1.82, 2.24) is 5.32 Å². The van der Waals surface area contributed by atoms with Gasteiger partial charge in [-0.3, -0.25) is 0 Å². The third-order valence-electron chi connectivity index (χ3n) is 6.59. The second-order valence-corrected chi connectivity index (χ2v) is 10.1. The normalized spacial score (nSPS) is 40.3. The van der Waals surface area contributed by atoms with E-state index in [1.165, 1.54) is 44.1 Å². The van der Waals surface area contributed by atoms with Crippen molar-refractivity contribution in [2.24, 2.45) is 16.7 Å². The molecule has 0 aromatic heterocycles. The molecule has 24 heavy (non-hydrogen) atoms. The summed E-state index contributed by atoms with van der Waals surface area (Å²) in [5.41, 5.74) is 2.92. The first kappa shape index (κ1) is 16.4. The lowest BCUT2D eigenvalue weighted by Crippen LogP contribution is -2.63. The second-order valence-electron chi connectivity index (χ2n) is 10.1. The highest BCUT2D eigenvalue weighted by molar-refractivity contribution is 5.27. The van der Waals surface area contributed by atoms with Gasteiger partial charge in [0.25, 0.3) is 0 Å². The molecule has 4 aliphatic carbocycles. The molecule has 2 nitrogen and oxygen atoms in total. The Balaban J connectivity index is 1.44. The largest absolute Gasteiger partial charge is 0.491 e. The molecule has 4 bridgehead atoms. The van der Waals surface area contributed by atoms with Crippen LogP contribution in [0.4, 0.5) is 0 Å². The Morgan fingerprint density at radius 2 is 1.62 bits per heavy atom. The van der Waals surface area contributed by atoms with Crippen molar-refractivity contribution in [2.45, 2.75) is 84.4 Å². The van der Waals surface area contributed by atoms with E-state index in [1.54, 1.807) is 0 Å². The smallest absolute Gasteiger partial charge is 0.119 e. The molecule has 4 atom stereocenters. The first-order valence-electron chi connectivity index (χ1n) is 9.78. The fourth-order valence-corrected chi connectivity index (χ4v) is 6.89. The number of nitrogens with one attached hydrogen (secondary N) is 1. The average Bonchev–Trinajstić information content (AvgIpc) is 2.42. The zero-order valence-corrected chi connectivity index (χ0v) is 15.8. The van der Waals surface area contributed by atoms with Crippen molar-refractivity contribution >= 4 is 0 Å². The van der Waals surface area contributed by atoms with E-state index in [2.05, 4.69) is 57.3 Å². The standard InChI is InChI=1S/C22H33NO/c1-16(2)24-19-7-5-17(6-8-19)12-23-22-11-18-9-20(3,14-22)13-21(4,10-18)15-22/h5-8,16,18,23H,9-15H2,1-4H3/t18?,20-,21+,22?. The summed E-state index contributed by atoms with van der Waals surface area (Å²) >= 11 is 0. The predicted octanol–water partition coefficient (Wildman–Crippen LogP) is 5.31. The van der Waals surface area contributed by atoms with Crippen LogP contribution in [0, 0.1) is 16.7 Å². The maximum atomic E-state index is 5.75. The van der Waals surface area contributed by atoms with Gasteiger partial charge in [-0.1, -0.05) is 26.0 Å². The summed E-state index contributed by atoms with van der Waals surface area (Å²) < 4.78 is 5.75. The fourth-order valence-electron chi connectivity index (χ4n) is 6.89. The molecular weight excluding hydrogens is 294 g/mol. The third-order valence-corrected chi connectivity index (χ3v) is 6.59. The number of benzene rings is 1. The van der Waals surface area contributed by atoms with Crippen LogP contribution in [0.15, 0.2) is 24.3 Å². The van der Waals surface area contributed by atoms with Gasteiger partial charge in [0.2, 0.25) is 0 Å². The van der Waals surface area contributed by atoms with Crippen molar-refractivity contribution in [2.75, 3.05) is 0 Å². The molecule has 1 aromatic carbocycles. The maximum absolute atomic E-state index is 5.75. The molecule has 0 heterocycles. The molecule has 2 heteroatoms.